The summed E-state index contributed by atoms with van der Waals surface area (Å²) in [6.07, 6.45) is 5.79. The number of piperazine rings is 1. The lowest BCUT2D eigenvalue weighted by Crippen LogP contribution is -2.63. The minimum absolute atomic E-state index is 0.519. The summed E-state index contributed by atoms with van der Waals surface area (Å²) in [7, 11) is 5.97. The van der Waals surface area contributed by atoms with Gasteiger partial charge in [-0.15, -0.1) is 6.58 Å². The lowest BCUT2D eigenvalue weighted by atomic mass is 10.0. The number of nitrogens with one attached hydrogen (secondary N) is 2. The number of hydrogen-bond donors (Lipinski definition) is 2. The first-order valence-corrected chi connectivity index (χ1v) is 13.9. The van der Waals surface area contributed by atoms with E-state index in [1.165, 1.54) is 5.52 Å². The maximum Gasteiger partial charge on any atom is 0.227 e. The number of benzene rings is 2. The van der Waals surface area contributed by atoms with Crippen LogP contribution in [-0.4, -0.2) is 90.3 Å². The molecule has 0 spiro atoms. The average Bonchev–Trinajstić information content (AvgIpc) is 3.29. The van der Waals surface area contributed by atoms with Crippen molar-refractivity contribution in [3.05, 3.63) is 67.5 Å². The van der Waals surface area contributed by atoms with Gasteiger partial charge in [-0.25, -0.2) is 9.97 Å². The van der Waals surface area contributed by atoms with Crippen molar-refractivity contribution in [1.29, 1.82) is 0 Å². The SMILES string of the molecule is C=CCNc1cc(Nc2nccc(-c3cn(C)c4ccccc34)n2)c(OC)cc1N1CC(N2CCN(C)CC2)C1. The number of rotatable bonds is 9. The second kappa shape index (κ2) is 11.2. The molecule has 2 N–H and O–H groups in total. The Morgan fingerprint density at radius 2 is 1.85 bits per heavy atom. The predicted molar refractivity (Wildman–Crippen MR) is 164 cm³/mol. The molecular formula is C31H38N8O. The number of aromatic nitrogens is 3. The van der Waals surface area contributed by atoms with Gasteiger partial charge in [0.15, 0.2) is 0 Å². The van der Waals surface area contributed by atoms with E-state index in [1.54, 1.807) is 13.3 Å². The maximum atomic E-state index is 5.86. The van der Waals surface area contributed by atoms with Crippen LogP contribution < -0.4 is 20.3 Å². The quantitative estimate of drug-likeness (QED) is 0.304. The zero-order valence-electron chi connectivity index (χ0n) is 23.6. The molecule has 2 aromatic heterocycles. The Kier molecular flexibility index (Phi) is 7.32. The molecule has 0 saturated carbocycles. The van der Waals surface area contributed by atoms with Gasteiger partial charge in [-0.1, -0.05) is 24.3 Å². The highest BCUT2D eigenvalue weighted by molar-refractivity contribution is 5.95. The second-order valence-corrected chi connectivity index (χ2v) is 10.7. The number of nitrogens with zero attached hydrogens (tertiary/aromatic N) is 6. The van der Waals surface area contributed by atoms with Crippen molar-refractivity contribution in [2.75, 3.05) is 75.5 Å². The molecular weight excluding hydrogens is 500 g/mol. The number of methoxy groups -OCH3 is 1. The van der Waals surface area contributed by atoms with Crippen LogP contribution >= 0.6 is 0 Å². The fourth-order valence-electron chi connectivity index (χ4n) is 5.73. The Morgan fingerprint density at radius 1 is 1.05 bits per heavy atom. The smallest absolute Gasteiger partial charge is 0.227 e. The lowest BCUT2D eigenvalue weighted by molar-refractivity contribution is 0.0964. The summed E-state index contributed by atoms with van der Waals surface area (Å²) in [6.45, 7) is 11.2. The third kappa shape index (κ3) is 5.10. The second-order valence-electron chi connectivity index (χ2n) is 10.7. The van der Waals surface area contributed by atoms with Crippen molar-refractivity contribution in [3.8, 4) is 17.0 Å². The molecule has 2 saturated heterocycles. The van der Waals surface area contributed by atoms with Gasteiger partial charge in [0.1, 0.15) is 5.75 Å². The van der Waals surface area contributed by atoms with Crippen LogP contribution in [0.3, 0.4) is 0 Å². The Morgan fingerprint density at radius 3 is 2.62 bits per heavy atom. The Bertz CT molecular complexity index is 1500. The Balaban J connectivity index is 1.25. The molecule has 208 valence electrons. The Hall–Kier alpha value is -4.08. The number of anilines is 4. The molecule has 2 fully saturated rings. The van der Waals surface area contributed by atoms with Gasteiger partial charge in [-0.2, -0.15) is 0 Å². The van der Waals surface area contributed by atoms with Gasteiger partial charge in [0, 0.05) is 93.8 Å². The van der Waals surface area contributed by atoms with Gasteiger partial charge in [0.25, 0.3) is 0 Å². The fraction of sp³-hybridized carbons (Fsp3) is 0.355. The summed E-state index contributed by atoms with van der Waals surface area (Å²) >= 11 is 0. The molecule has 0 unspecified atom stereocenters. The highest BCUT2D eigenvalue weighted by Crippen LogP contribution is 2.40. The van der Waals surface area contributed by atoms with Gasteiger partial charge >= 0.3 is 0 Å². The zero-order chi connectivity index (χ0) is 27.6. The van der Waals surface area contributed by atoms with E-state index in [9.17, 15) is 0 Å². The summed E-state index contributed by atoms with van der Waals surface area (Å²) in [4.78, 5) is 16.9. The maximum absolute atomic E-state index is 5.86. The normalized spacial score (nSPS) is 16.6. The van der Waals surface area contributed by atoms with E-state index in [-0.39, 0.29) is 0 Å². The number of para-hydroxylation sites is 1. The van der Waals surface area contributed by atoms with Gasteiger partial charge in [0.2, 0.25) is 5.95 Å². The van der Waals surface area contributed by atoms with E-state index < -0.39 is 0 Å². The molecule has 0 radical (unpaired) electrons. The highest BCUT2D eigenvalue weighted by atomic mass is 16.5. The molecule has 0 bridgehead atoms. The van der Waals surface area contributed by atoms with Crippen molar-refractivity contribution in [2.45, 2.75) is 6.04 Å². The summed E-state index contributed by atoms with van der Waals surface area (Å²) in [5.74, 6) is 1.27. The summed E-state index contributed by atoms with van der Waals surface area (Å²) in [6, 6.07) is 15.1. The lowest BCUT2D eigenvalue weighted by Gasteiger charge is -2.49. The minimum atomic E-state index is 0.519. The van der Waals surface area contributed by atoms with Crippen molar-refractivity contribution >= 4 is 33.9 Å². The number of hydrogen-bond acceptors (Lipinski definition) is 8. The van der Waals surface area contributed by atoms with Crippen LogP contribution in [0.1, 0.15) is 0 Å². The molecule has 2 aromatic carbocycles. The standard InChI is InChI=1S/C31H38N8O/c1-5-11-32-26-17-27(30(40-4)18-29(26)39-19-22(20-39)38-15-13-36(2)14-16-38)35-31-33-12-10-25(34-31)24-21-37(3)28-9-7-6-8-23(24)28/h5-10,12,17-18,21-22,32H,1,11,13-16,19-20H2,2-4H3,(H,33,34,35). The van der Waals surface area contributed by atoms with Gasteiger partial charge in [-0.05, 0) is 25.2 Å². The summed E-state index contributed by atoms with van der Waals surface area (Å²) < 4.78 is 7.98. The Labute approximate surface area is 236 Å². The predicted octanol–water partition coefficient (Wildman–Crippen LogP) is 4.42. The highest BCUT2D eigenvalue weighted by Gasteiger charge is 2.34. The van der Waals surface area contributed by atoms with E-state index in [0.29, 0.717) is 18.5 Å². The molecule has 4 aromatic rings. The third-order valence-electron chi connectivity index (χ3n) is 8.09. The molecule has 4 heterocycles. The molecule has 6 rings (SSSR count). The molecule has 9 heteroatoms. The van der Waals surface area contributed by atoms with Crippen LogP contribution in [0.15, 0.2) is 67.5 Å². The van der Waals surface area contributed by atoms with Gasteiger partial charge < -0.3 is 29.7 Å². The topological polar surface area (TPSA) is 73.7 Å². The van der Waals surface area contributed by atoms with Gasteiger partial charge in [-0.3, -0.25) is 4.90 Å². The molecule has 2 aliphatic heterocycles. The van der Waals surface area contributed by atoms with Crippen LogP contribution in [0, 0.1) is 0 Å². The molecule has 0 aliphatic carbocycles. The van der Waals surface area contributed by atoms with E-state index in [1.807, 2.05) is 12.1 Å². The number of fused-ring (bicyclic) bond motifs is 1. The minimum Gasteiger partial charge on any atom is -0.494 e. The molecule has 9 nitrogen and oxygen atoms in total. The number of ether oxygens (including phenoxy) is 1. The number of likely N-dealkylation sites (N-methyl/N-ethyl adjacent to an activating group) is 1. The van der Waals surface area contributed by atoms with Crippen LogP contribution in [0.25, 0.3) is 22.2 Å². The van der Waals surface area contributed by atoms with Crippen molar-refractivity contribution in [3.63, 3.8) is 0 Å². The molecule has 2 aliphatic rings. The molecule has 40 heavy (non-hydrogen) atoms. The van der Waals surface area contributed by atoms with Crippen molar-refractivity contribution in [2.24, 2.45) is 7.05 Å². The first kappa shape index (κ1) is 26.2. The molecule has 0 atom stereocenters. The molecule has 0 amide bonds. The zero-order valence-corrected chi connectivity index (χ0v) is 23.6. The number of aryl methyl sites for hydroxylation is 1. The summed E-state index contributed by atoms with van der Waals surface area (Å²) in [5, 5.41) is 8.12. The average molecular weight is 539 g/mol. The van der Waals surface area contributed by atoms with E-state index in [4.69, 9.17) is 9.72 Å². The van der Waals surface area contributed by atoms with Crippen molar-refractivity contribution < 1.29 is 4.74 Å². The fourth-order valence-corrected chi connectivity index (χ4v) is 5.73. The van der Waals surface area contributed by atoms with E-state index in [2.05, 4.69) is 98.2 Å². The van der Waals surface area contributed by atoms with Crippen LogP contribution in [-0.2, 0) is 7.05 Å². The van der Waals surface area contributed by atoms with Crippen LogP contribution in [0.4, 0.5) is 23.0 Å². The van der Waals surface area contributed by atoms with Crippen molar-refractivity contribution in [1.82, 2.24) is 24.3 Å². The van der Waals surface area contributed by atoms with Gasteiger partial charge in [0.05, 0.1) is 29.9 Å². The monoisotopic (exact) mass is 538 g/mol. The van der Waals surface area contributed by atoms with E-state index in [0.717, 1.165) is 78.7 Å². The first-order valence-electron chi connectivity index (χ1n) is 13.9. The van der Waals surface area contributed by atoms with E-state index >= 15 is 0 Å². The third-order valence-corrected chi connectivity index (χ3v) is 8.09. The van der Waals surface area contributed by atoms with Crippen LogP contribution in [0.2, 0.25) is 0 Å². The first-order chi connectivity index (χ1) is 19.5. The largest absolute Gasteiger partial charge is 0.494 e. The van der Waals surface area contributed by atoms with Crippen LogP contribution in [0.5, 0.6) is 5.75 Å². The summed E-state index contributed by atoms with van der Waals surface area (Å²) in [5.41, 5.74) is 6.09.